The molecular weight excluding hydrogens is 302 g/mol. The summed E-state index contributed by atoms with van der Waals surface area (Å²) in [4.78, 5) is 14.8. The maximum absolute atomic E-state index is 13.0. The zero-order chi connectivity index (χ0) is 17.3. The summed E-state index contributed by atoms with van der Waals surface area (Å²) in [5.41, 5.74) is 4.91. The highest BCUT2D eigenvalue weighted by molar-refractivity contribution is 5.97. The van der Waals surface area contributed by atoms with E-state index in [0.717, 1.165) is 48.2 Å². The van der Waals surface area contributed by atoms with Gasteiger partial charge in [-0.25, -0.2) is 0 Å². The Labute approximate surface area is 142 Å². The van der Waals surface area contributed by atoms with Crippen LogP contribution < -0.4 is 4.90 Å². The van der Waals surface area contributed by atoms with E-state index in [-0.39, 0.29) is 11.7 Å². The van der Waals surface area contributed by atoms with Gasteiger partial charge >= 0.3 is 0 Å². The van der Waals surface area contributed by atoms with Crippen LogP contribution in [0.4, 0.5) is 5.69 Å². The van der Waals surface area contributed by atoms with Crippen molar-refractivity contribution in [3.63, 3.8) is 0 Å². The van der Waals surface area contributed by atoms with Gasteiger partial charge in [-0.2, -0.15) is 5.10 Å². The minimum atomic E-state index is 0.0369. The molecule has 0 bridgehead atoms. The standard InChI is InChI=1S/C19H25N3O2/c1-4-15-14(16(5-2)21(3)20-15)12-18(24)22-11-7-9-13-8-6-10-17(23)19(13)22/h6,8,10,23H,4-5,7,9,11-12H2,1-3H3. The molecule has 5 nitrogen and oxygen atoms in total. The third-order valence-corrected chi connectivity index (χ3v) is 4.85. The number of carbonyl (C=O) groups excluding carboxylic acids is 1. The van der Waals surface area contributed by atoms with Gasteiger partial charge in [0.05, 0.1) is 17.8 Å². The number of carbonyl (C=O) groups is 1. The lowest BCUT2D eigenvalue weighted by molar-refractivity contribution is -0.118. The summed E-state index contributed by atoms with van der Waals surface area (Å²) in [6.07, 6.45) is 3.84. The number of nitrogens with zero attached hydrogens (tertiary/aromatic N) is 3. The number of hydrogen-bond donors (Lipinski definition) is 1. The molecule has 2 heterocycles. The first kappa shape index (κ1) is 16.6. The van der Waals surface area contributed by atoms with Crippen LogP contribution in [0.3, 0.4) is 0 Å². The summed E-state index contributed by atoms with van der Waals surface area (Å²) >= 11 is 0. The van der Waals surface area contributed by atoms with Crippen molar-refractivity contribution in [1.82, 2.24) is 9.78 Å². The van der Waals surface area contributed by atoms with E-state index in [1.807, 2.05) is 23.9 Å². The fraction of sp³-hybridized carbons (Fsp3) is 0.474. The third-order valence-electron chi connectivity index (χ3n) is 4.85. The second kappa shape index (κ2) is 6.67. The predicted octanol–water partition coefficient (Wildman–Crippen LogP) is 2.77. The van der Waals surface area contributed by atoms with Crippen LogP contribution in [0.15, 0.2) is 18.2 Å². The van der Waals surface area contributed by atoms with Crippen molar-refractivity contribution >= 4 is 11.6 Å². The number of aryl methyl sites for hydroxylation is 3. The second-order valence-corrected chi connectivity index (χ2v) is 6.31. The van der Waals surface area contributed by atoms with Crippen molar-refractivity contribution in [2.75, 3.05) is 11.4 Å². The van der Waals surface area contributed by atoms with Crippen molar-refractivity contribution in [2.24, 2.45) is 7.05 Å². The van der Waals surface area contributed by atoms with Gasteiger partial charge < -0.3 is 10.0 Å². The highest BCUT2D eigenvalue weighted by Gasteiger charge is 2.27. The second-order valence-electron chi connectivity index (χ2n) is 6.31. The van der Waals surface area contributed by atoms with Crippen LogP contribution in [0, 0.1) is 0 Å². The first-order valence-corrected chi connectivity index (χ1v) is 8.71. The molecule has 0 unspecified atom stereocenters. The van der Waals surface area contributed by atoms with E-state index in [0.29, 0.717) is 18.7 Å². The molecule has 1 aliphatic rings. The molecular formula is C19H25N3O2. The molecule has 24 heavy (non-hydrogen) atoms. The van der Waals surface area contributed by atoms with Gasteiger partial charge in [0.1, 0.15) is 5.75 Å². The lowest BCUT2D eigenvalue weighted by Crippen LogP contribution is -2.36. The molecule has 0 spiro atoms. The fourth-order valence-corrected chi connectivity index (χ4v) is 3.72. The van der Waals surface area contributed by atoms with Gasteiger partial charge in [-0.15, -0.1) is 0 Å². The van der Waals surface area contributed by atoms with E-state index in [4.69, 9.17) is 0 Å². The smallest absolute Gasteiger partial charge is 0.231 e. The van der Waals surface area contributed by atoms with Gasteiger partial charge in [0.15, 0.2) is 0 Å². The number of hydrogen-bond acceptors (Lipinski definition) is 3. The molecule has 0 aliphatic carbocycles. The monoisotopic (exact) mass is 327 g/mol. The van der Waals surface area contributed by atoms with Crippen LogP contribution >= 0.6 is 0 Å². The molecule has 0 saturated heterocycles. The Balaban J connectivity index is 1.93. The Morgan fingerprint density at radius 2 is 2.08 bits per heavy atom. The van der Waals surface area contributed by atoms with Crippen LogP contribution in [-0.2, 0) is 37.5 Å². The Kier molecular flexibility index (Phi) is 4.60. The summed E-state index contributed by atoms with van der Waals surface area (Å²) in [7, 11) is 1.94. The molecule has 1 aromatic heterocycles. The van der Waals surface area contributed by atoms with Crippen molar-refractivity contribution < 1.29 is 9.90 Å². The lowest BCUT2D eigenvalue weighted by atomic mass is 9.99. The quantitative estimate of drug-likeness (QED) is 0.939. The molecule has 5 heteroatoms. The van der Waals surface area contributed by atoms with Crippen LogP contribution in [0.2, 0.25) is 0 Å². The third kappa shape index (κ3) is 2.79. The highest BCUT2D eigenvalue weighted by Crippen LogP contribution is 2.35. The van der Waals surface area contributed by atoms with Gasteiger partial charge in [-0.05, 0) is 37.3 Å². The van der Waals surface area contributed by atoms with Gasteiger partial charge in [0.2, 0.25) is 5.91 Å². The van der Waals surface area contributed by atoms with Crippen molar-refractivity contribution in [2.45, 2.75) is 46.0 Å². The van der Waals surface area contributed by atoms with E-state index in [2.05, 4.69) is 18.9 Å². The van der Waals surface area contributed by atoms with E-state index in [1.54, 1.807) is 11.0 Å². The molecule has 0 atom stereocenters. The molecule has 1 aliphatic heterocycles. The van der Waals surface area contributed by atoms with Crippen molar-refractivity contribution in [3.05, 3.63) is 40.7 Å². The Bertz CT molecular complexity index is 764. The minimum Gasteiger partial charge on any atom is -0.506 e. The molecule has 1 amide bonds. The Morgan fingerprint density at radius 3 is 2.79 bits per heavy atom. The van der Waals surface area contributed by atoms with Gasteiger partial charge in [0, 0.05) is 24.8 Å². The molecule has 0 fully saturated rings. The van der Waals surface area contributed by atoms with E-state index in [9.17, 15) is 9.90 Å². The van der Waals surface area contributed by atoms with Crippen molar-refractivity contribution in [1.29, 1.82) is 0 Å². The van der Waals surface area contributed by atoms with Gasteiger partial charge in [-0.1, -0.05) is 26.0 Å². The largest absolute Gasteiger partial charge is 0.506 e. The van der Waals surface area contributed by atoms with Gasteiger partial charge in [-0.3, -0.25) is 9.48 Å². The first-order valence-electron chi connectivity index (χ1n) is 8.71. The summed E-state index contributed by atoms with van der Waals surface area (Å²) in [6.45, 7) is 4.82. The van der Waals surface area contributed by atoms with Crippen LogP contribution in [0.5, 0.6) is 5.75 Å². The van der Waals surface area contributed by atoms with Gasteiger partial charge in [0.25, 0.3) is 0 Å². The van der Waals surface area contributed by atoms with E-state index in [1.165, 1.54) is 0 Å². The topological polar surface area (TPSA) is 58.4 Å². The first-order chi connectivity index (χ1) is 11.6. The minimum absolute atomic E-state index is 0.0369. The number of aromatic nitrogens is 2. The number of para-hydroxylation sites is 1. The average molecular weight is 327 g/mol. The maximum atomic E-state index is 13.0. The average Bonchev–Trinajstić information content (AvgIpc) is 2.89. The number of phenols is 1. The number of benzene rings is 1. The van der Waals surface area contributed by atoms with Crippen LogP contribution in [-0.4, -0.2) is 27.3 Å². The fourth-order valence-electron chi connectivity index (χ4n) is 3.72. The van der Waals surface area contributed by atoms with E-state index < -0.39 is 0 Å². The molecule has 0 saturated carbocycles. The molecule has 0 radical (unpaired) electrons. The summed E-state index contributed by atoms with van der Waals surface area (Å²) in [5, 5.41) is 14.8. The zero-order valence-electron chi connectivity index (χ0n) is 14.7. The number of aromatic hydroxyl groups is 1. The predicted molar refractivity (Wildman–Crippen MR) is 94.4 cm³/mol. The SMILES string of the molecule is CCc1nn(C)c(CC)c1CC(=O)N1CCCc2cccc(O)c21. The van der Waals surface area contributed by atoms with Crippen molar-refractivity contribution in [3.8, 4) is 5.75 Å². The number of phenolic OH excluding ortho intramolecular Hbond substituents is 1. The molecule has 1 N–H and O–H groups in total. The molecule has 2 aromatic rings. The summed E-state index contributed by atoms with van der Waals surface area (Å²) in [6, 6.07) is 5.49. The summed E-state index contributed by atoms with van der Waals surface area (Å²) in [5.74, 6) is 0.230. The molecule has 3 rings (SSSR count). The number of fused-ring (bicyclic) bond motifs is 1. The van der Waals surface area contributed by atoms with Crippen LogP contribution in [0.1, 0.15) is 42.8 Å². The molecule has 1 aromatic carbocycles. The molecule has 128 valence electrons. The normalized spacial score (nSPS) is 13.9. The number of anilines is 1. The Morgan fingerprint density at radius 1 is 1.29 bits per heavy atom. The highest BCUT2D eigenvalue weighted by atomic mass is 16.3. The maximum Gasteiger partial charge on any atom is 0.231 e. The van der Waals surface area contributed by atoms with E-state index >= 15 is 0 Å². The number of rotatable bonds is 4. The zero-order valence-corrected chi connectivity index (χ0v) is 14.7. The Hall–Kier alpha value is -2.30. The number of amides is 1. The summed E-state index contributed by atoms with van der Waals surface area (Å²) < 4.78 is 1.89. The van der Waals surface area contributed by atoms with Crippen LogP contribution in [0.25, 0.3) is 0 Å². The lowest BCUT2D eigenvalue weighted by Gasteiger charge is -2.30.